The highest BCUT2D eigenvalue weighted by molar-refractivity contribution is 14.1. The van der Waals surface area contributed by atoms with Gasteiger partial charge in [0.2, 0.25) is 0 Å². The number of benzene rings is 1. The molecule has 0 aromatic heterocycles. The van der Waals surface area contributed by atoms with Gasteiger partial charge in [0.15, 0.2) is 0 Å². The van der Waals surface area contributed by atoms with E-state index in [-0.39, 0.29) is 6.04 Å². The van der Waals surface area contributed by atoms with Gasteiger partial charge in [-0.05, 0) is 66.1 Å². The van der Waals surface area contributed by atoms with E-state index < -0.39 is 0 Å². The SMILES string of the molecule is C=C(C)CCC(N)c1cc(Cl)ccc1I. The molecule has 0 saturated carbocycles. The van der Waals surface area contributed by atoms with Crippen molar-refractivity contribution in [3.63, 3.8) is 0 Å². The normalized spacial score (nSPS) is 12.5. The fraction of sp³-hybridized carbons (Fsp3) is 0.333. The topological polar surface area (TPSA) is 26.0 Å². The molecule has 1 atom stereocenters. The second kappa shape index (κ2) is 5.87. The predicted octanol–water partition coefficient (Wildman–Crippen LogP) is 4.30. The van der Waals surface area contributed by atoms with Gasteiger partial charge in [-0.3, -0.25) is 0 Å². The van der Waals surface area contributed by atoms with Crippen molar-refractivity contribution >= 4 is 34.2 Å². The Balaban J connectivity index is 2.76. The van der Waals surface area contributed by atoms with Gasteiger partial charge in [0, 0.05) is 14.6 Å². The molecule has 1 unspecified atom stereocenters. The molecule has 0 aliphatic heterocycles. The van der Waals surface area contributed by atoms with Crippen LogP contribution in [0.4, 0.5) is 0 Å². The standard InChI is InChI=1S/C12H15ClIN/c1-8(2)3-6-12(15)10-7-9(13)4-5-11(10)14/h4-5,7,12H,1,3,6,15H2,2H3. The molecule has 0 fully saturated rings. The molecule has 0 amide bonds. The van der Waals surface area contributed by atoms with Gasteiger partial charge in [-0.2, -0.15) is 0 Å². The largest absolute Gasteiger partial charge is 0.324 e. The van der Waals surface area contributed by atoms with Gasteiger partial charge < -0.3 is 5.73 Å². The van der Waals surface area contributed by atoms with Gasteiger partial charge in [0.1, 0.15) is 0 Å². The lowest BCUT2D eigenvalue weighted by molar-refractivity contribution is 0.646. The fourth-order valence-electron chi connectivity index (χ4n) is 1.36. The van der Waals surface area contributed by atoms with E-state index in [1.807, 2.05) is 25.1 Å². The number of halogens is 2. The molecule has 15 heavy (non-hydrogen) atoms. The van der Waals surface area contributed by atoms with Crippen LogP contribution in [-0.2, 0) is 0 Å². The zero-order valence-corrected chi connectivity index (χ0v) is 11.7. The van der Waals surface area contributed by atoms with Crippen LogP contribution in [0.1, 0.15) is 31.4 Å². The molecule has 0 heterocycles. The van der Waals surface area contributed by atoms with Gasteiger partial charge in [0.25, 0.3) is 0 Å². The number of nitrogens with two attached hydrogens (primary N) is 1. The number of hydrogen-bond acceptors (Lipinski definition) is 1. The van der Waals surface area contributed by atoms with Gasteiger partial charge in [-0.25, -0.2) is 0 Å². The smallest absolute Gasteiger partial charge is 0.0410 e. The third-order valence-corrected chi connectivity index (χ3v) is 3.46. The number of allylic oxidation sites excluding steroid dienone is 1. The Morgan fingerprint density at radius 2 is 2.27 bits per heavy atom. The first kappa shape index (κ1) is 13.0. The van der Waals surface area contributed by atoms with Crippen LogP contribution in [0, 0.1) is 3.57 Å². The minimum Gasteiger partial charge on any atom is -0.324 e. The van der Waals surface area contributed by atoms with Gasteiger partial charge in [-0.15, -0.1) is 6.58 Å². The van der Waals surface area contributed by atoms with E-state index in [0.717, 1.165) is 23.4 Å². The van der Waals surface area contributed by atoms with Crippen LogP contribution >= 0.6 is 34.2 Å². The molecule has 1 aromatic carbocycles. The van der Waals surface area contributed by atoms with Crippen LogP contribution in [0.3, 0.4) is 0 Å². The second-order valence-corrected chi connectivity index (χ2v) is 5.37. The lowest BCUT2D eigenvalue weighted by atomic mass is 10.0. The minimum atomic E-state index is 0.0484. The van der Waals surface area contributed by atoms with Gasteiger partial charge in [0.05, 0.1) is 0 Å². The molecule has 2 N–H and O–H groups in total. The zero-order valence-electron chi connectivity index (χ0n) is 8.76. The first-order chi connectivity index (χ1) is 7.00. The van der Waals surface area contributed by atoms with Crippen molar-refractivity contribution in [1.29, 1.82) is 0 Å². The maximum Gasteiger partial charge on any atom is 0.0410 e. The molecule has 1 nitrogen and oxygen atoms in total. The summed E-state index contributed by atoms with van der Waals surface area (Å²) >= 11 is 8.24. The molecule has 0 spiro atoms. The summed E-state index contributed by atoms with van der Waals surface area (Å²) in [6.07, 6.45) is 1.88. The van der Waals surface area contributed by atoms with Crippen LogP contribution in [0.2, 0.25) is 5.02 Å². The van der Waals surface area contributed by atoms with E-state index in [4.69, 9.17) is 17.3 Å². The Hall–Kier alpha value is -0.0600. The molecule has 0 aliphatic carbocycles. The van der Waals surface area contributed by atoms with Crippen molar-refractivity contribution in [3.05, 3.63) is 44.5 Å². The number of rotatable bonds is 4. The maximum absolute atomic E-state index is 6.11. The summed E-state index contributed by atoms with van der Waals surface area (Å²) in [6.45, 7) is 5.90. The second-order valence-electron chi connectivity index (χ2n) is 3.77. The van der Waals surface area contributed by atoms with Crippen molar-refractivity contribution in [1.82, 2.24) is 0 Å². The molecule has 0 aliphatic rings. The van der Waals surface area contributed by atoms with Crippen LogP contribution < -0.4 is 5.73 Å². The average molecular weight is 336 g/mol. The van der Waals surface area contributed by atoms with E-state index in [1.54, 1.807) is 0 Å². The van der Waals surface area contributed by atoms with Crippen LogP contribution in [-0.4, -0.2) is 0 Å². The van der Waals surface area contributed by atoms with E-state index in [1.165, 1.54) is 9.14 Å². The quantitative estimate of drug-likeness (QED) is 0.644. The molecular formula is C12H15ClIN. The molecule has 0 radical (unpaired) electrons. The van der Waals surface area contributed by atoms with Crippen molar-refractivity contribution in [3.8, 4) is 0 Å². The monoisotopic (exact) mass is 335 g/mol. The highest BCUT2D eigenvalue weighted by Gasteiger charge is 2.10. The summed E-state index contributed by atoms with van der Waals surface area (Å²) in [5.74, 6) is 0. The maximum atomic E-state index is 6.11. The Bertz CT molecular complexity index is 363. The van der Waals surface area contributed by atoms with Crippen LogP contribution in [0.15, 0.2) is 30.4 Å². The molecule has 0 saturated heterocycles. The van der Waals surface area contributed by atoms with E-state index in [9.17, 15) is 0 Å². The lowest BCUT2D eigenvalue weighted by Crippen LogP contribution is -2.11. The summed E-state index contributed by atoms with van der Waals surface area (Å²) in [6, 6.07) is 5.89. The summed E-state index contributed by atoms with van der Waals surface area (Å²) in [5.41, 5.74) is 8.41. The van der Waals surface area contributed by atoms with Crippen LogP contribution in [0.5, 0.6) is 0 Å². The predicted molar refractivity (Wildman–Crippen MR) is 75.1 cm³/mol. The molecule has 1 rings (SSSR count). The Morgan fingerprint density at radius 1 is 1.60 bits per heavy atom. The van der Waals surface area contributed by atoms with Crippen molar-refractivity contribution < 1.29 is 0 Å². The molecule has 3 heteroatoms. The van der Waals surface area contributed by atoms with Gasteiger partial charge >= 0.3 is 0 Å². The average Bonchev–Trinajstić information content (AvgIpc) is 2.18. The first-order valence-electron chi connectivity index (χ1n) is 4.85. The Morgan fingerprint density at radius 3 is 2.87 bits per heavy atom. The molecular weight excluding hydrogens is 320 g/mol. The first-order valence-corrected chi connectivity index (χ1v) is 6.31. The van der Waals surface area contributed by atoms with Crippen LogP contribution in [0.25, 0.3) is 0 Å². The van der Waals surface area contributed by atoms with Gasteiger partial charge in [-0.1, -0.05) is 17.2 Å². The Labute approximate surface area is 110 Å². The summed E-state index contributed by atoms with van der Waals surface area (Å²) < 4.78 is 1.17. The van der Waals surface area contributed by atoms with E-state index >= 15 is 0 Å². The third kappa shape index (κ3) is 4.13. The summed E-state index contributed by atoms with van der Waals surface area (Å²) in [7, 11) is 0. The zero-order chi connectivity index (χ0) is 11.4. The van der Waals surface area contributed by atoms with E-state index in [0.29, 0.717) is 0 Å². The lowest BCUT2D eigenvalue weighted by Gasteiger charge is -2.14. The summed E-state index contributed by atoms with van der Waals surface area (Å²) in [5, 5.41) is 0.746. The minimum absolute atomic E-state index is 0.0484. The molecule has 1 aromatic rings. The van der Waals surface area contributed by atoms with Crippen molar-refractivity contribution in [2.24, 2.45) is 5.73 Å². The third-order valence-electron chi connectivity index (χ3n) is 2.24. The summed E-state index contributed by atoms with van der Waals surface area (Å²) in [4.78, 5) is 0. The van der Waals surface area contributed by atoms with Crippen molar-refractivity contribution in [2.45, 2.75) is 25.8 Å². The number of hydrogen-bond donors (Lipinski definition) is 1. The Kier molecular flexibility index (Phi) is 5.09. The molecule has 0 bridgehead atoms. The van der Waals surface area contributed by atoms with E-state index in [2.05, 4.69) is 29.2 Å². The fourth-order valence-corrected chi connectivity index (χ4v) is 2.27. The highest BCUT2D eigenvalue weighted by Crippen LogP contribution is 2.25. The van der Waals surface area contributed by atoms with Crippen molar-refractivity contribution in [2.75, 3.05) is 0 Å². The highest BCUT2D eigenvalue weighted by atomic mass is 127. The molecule has 82 valence electrons.